The van der Waals surface area contributed by atoms with Crippen molar-refractivity contribution in [3.63, 3.8) is 0 Å². The van der Waals surface area contributed by atoms with Crippen molar-refractivity contribution in [1.82, 2.24) is 5.32 Å². The summed E-state index contributed by atoms with van der Waals surface area (Å²) in [7, 11) is 1.53. The number of allylic oxidation sites excluding steroid dienone is 7. The first-order valence-corrected chi connectivity index (χ1v) is 18.5. The van der Waals surface area contributed by atoms with Crippen molar-refractivity contribution < 1.29 is 32.9 Å². The van der Waals surface area contributed by atoms with Crippen LogP contribution in [0.1, 0.15) is 117 Å². The molecule has 9 heteroatoms. The van der Waals surface area contributed by atoms with Crippen LogP contribution in [0.15, 0.2) is 48.6 Å². The Kier molecular flexibility index (Phi) is 26.8. The molecule has 0 aromatic heterocycles. The average molecular weight is 642 g/mol. The minimum Gasteiger partial charge on any atom is -0.387 e. The summed E-state index contributed by atoms with van der Waals surface area (Å²) in [5.74, 6) is -0.209. The highest BCUT2D eigenvalue weighted by molar-refractivity contribution is 7.47. The highest BCUT2D eigenvalue weighted by atomic mass is 31.2. The summed E-state index contributed by atoms with van der Waals surface area (Å²) >= 11 is 0. The Labute approximate surface area is 269 Å². The SMILES string of the molecule is CCC/C=C/CC/C=C/CC/C=C/C(O)C(COP(=O)(O)OCC[N+](C)(C)C)NC(=O)CCCCCCC/C=C\CCCC. The van der Waals surface area contributed by atoms with Crippen molar-refractivity contribution in [3.8, 4) is 0 Å². The smallest absolute Gasteiger partial charge is 0.387 e. The van der Waals surface area contributed by atoms with Gasteiger partial charge in [0, 0.05) is 6.42 Å². The second-order valence-electron chi connectivity index (χ2n) is 12.5. The molecule has 0 spiro atoms. The molecule has 0 aliphatic rings. The fourth-order valence-corrected chi connectivity index (χ4v) is 4.91. The van der Waals surface area contributed by atoms with E-state index >= 15 is 0 Å². The van der Waals surface area contributed by atoms with Crippen LogP contribution in [-0.2, 0) is 18.4 Å². The molecule has 44 heavy (non-hydrogen) atoms. The number of carbonyl (C=O) groups excluding carboxylic acids is 1. The van der Waals surface area contributed by atoms with Crippen LogP contribution in [0.2, 0.25) is 0 Å². The van der Waals surface area contributed by atoms with Gasteiger partial charge in [-0.3, -0.25) is 13.8 Å². The number of nitrogens with one attached hydrogen (secondary N) is 1. The molecule has 256 valence electrons. The topological polar surface area (TPSA) is 105 Å². The second-order valence-corrected chi connectivity index (χ2v) is 14.0. The van der Waals surface area contributed by atoms with Gasteiger partial charge in [0.05, 0.1) is 39.9 Å². The van der Waals surface area contributed by atoms with E-state index in [1.165, 1.54) is 19.3 Å². The molecular weight excluding hydrogens is 575 g/mol. The van der Waals surface area contributed by atoms with Gasteiger partial charge in [0.2, 0.25) is 5.91 Å². The zero-order chi connectivity index (χ0) is 32.9. The van der Waals surface area contributed by atoms with Gasteiger partial charge in [-0.15, -0.1) is 0 Å². The summed E-state index contributed by atoms with van der Waals surface area (Å²) in [6.07, 6.45) is 31.8. The molecule has 0 radical (unpaired) electrons. The van der Waals surface area contributed by atoms with Crippen molar-refractivity contribution in [3.05, 3.63) is 48.6 Å². The Morgan fingerprint density at radius 2 is 1.30 bits per heavy atom. The molecule has 0 aromatic rings. The number of rotatable bonds is 29. The van der Waals surface area contributed by atoms with Crippen LogP contribution in [0.4, 0.5) is 0 Å². The second kappa shape index (κ2) is 27.7. The van der Waals surface area contributed by atoms with Crippen molar-refractivity contribution in [1.29, 1.82) is 0 Å². The molecule has 8 nitrogen and oxygen atoms in total. The van der Waals surface area contributed by atoms with Crippen LogP contribution < -0.4 is 5.32 Å². The normalized spacial score (nSPS) is 15.5. The Bertz CT molecular complexity index is 866. The molecule has 0 aliphatic heterocycles. The highest BCUT2D eigenvalue weighted by Gasteiger charge is 2.27. The Hall–Kier alpha value is -1.54. The summed E-state index contributed by atoms with van der Waals surface area (Å²) in [6.45, 7) is 4.61. The lowest BCUT2D eigenvalue weighted by Gasteiger charge is -2.25. The van der Waals surface area contributed by atoms with Gasteiger partial charge in [0.15, 0.2) is 0 Å². The van der Waals surface area contributed by atoms with E-state index in [9.17, 15) is 19.4 Å². The van der Waals surface area contributed by atoms with Gasteiger partial charge in [0.25, 0.3) is 0 Å². The van der Waals surface area contributed by atoms with Crippen LogP contribution in [-0.4, -0.2) is 73.4 Å². The molecule has 0 saturated carbocycles. The summed E-state index contributed by atoms with van der Waals surface area (Å²) in [5.41, 5.74) is 0. The van der Waals surface area contributed by atoms with Crippen LogP contribution in [0.3, 0.4) is 0 Å². The van der Waals surface area contributed by atoms with Gasteiger partial charge < -0.3 is 19.8 Å². The van der Waals surface area contributed by atoms with Gasteiger partial charge in [0.1, 0.15) is 13.2 Å². The first-order chi connectivity index (χ1) is 21.0. The van der Waals surface area contributed by atoms with Crippen molar-refractivity contribution in [2.45, 2.75) is 129 Å². The third kappa shape index (κ3) is 29.2. The number of likely N-dealkylation sites (N-methyl/N-ethyl adjacent to an activating group) is 1. The third-order valence-electron chi connectivity index (χ3n) is 6.98. The number of hydrogen-bond acceptors (Lipinski definition) is 5. The number of phosphoric acid groups is 1. The number of phosphoric ester groups is 1. The molecule has 3 N–H and O–H groups in total. The molecule has 0 aromatic carbocycles. The first-order valence-electron chi connectivity index (χ1n) is 17.0. The molecule has 3 atom stereocenters. The fraction of sp³-hybridized carbons (Fsp3) is 0.743. The predicted octanol–water partition coefficient (Wildman–Crippen LogP) is 8.18. The van der Waals surface area contributed by atoms with Gasteiger partial charge in [-0.25, -0.2) is 4.57 Å². The van der Waals surface area contributed by atoms with Crippen molar-refractivity contribution >= 4 is 13.7 Å². The number of unbranched alkanes of at least 4 members (excludes halogenated alkanes) is 10. The van der Waals surface area contributed by atoms with E-state index in [-0.39, 0.29) is 19.1 Å². The molecule has 3 unspecified atom stereocenters. The van der Waals surface area contributed by atoms with Gasteiger partial charge in [-0.05, 0) is 57.8 Å². The largest absolute Gasteiger partial charge is 0.472 e. The number of amides is 1. The van der Waals surface area contributed by atoms with E-state index in [4.69, 9.17) is 9.05 Å². The fourth-order valence-electron chi connectivity index (χ4n) is 4.17. The number of carbonyl (C=O) groups is 1. The predicted molar refractivity (Wildman–Crippen MR) is 184 cm³/mol. The number of aliphatic hydroxyl groups is 1. The molecule has 1 amide bonds. The molecule has 0 rings (SSSR count). The van der Waals surface area contributed by atoms with Crippen LogP contribution in [0.25, 0.3) is 0 Å². The molecular formula is C35H66N2O6P+. The van der Waals surface area contributed by atoms with Crippen LogP contribution >= 0.6 is 7.82 Å². The van der Waals surface area contributed by atoms with Gasteiger partial charge >= 0.3 is 7.82 Å². The summed E-state index contributed by atoms with van der Waals surface area (Å²) in [6, 6.07) is -0.869. The number of quaternary nitrogens is 1. The standard InChI is InChI=1S/C35H65N2O6P/c1-6-8-10-12-14-16-18-20-22-24-26-28-34(38)33(32-43-44(40,41)42-31-30-37(3,4)5)36-35(39)29-27-25-23-21-19-17-15-13-11-9-7-2/h10,12-13,15,18,20,26,28,33-34,38H,6-9,11,14,16-17,19,21-25,27,29-32H2,1-5H3,(H-,36,39,40,41)/p+1/b12-10+,15-13-,20-18+,28-26+. The number of hydrogen-bond donors (Lipinski definition) is 3. The van der Waals surface area contributed by atoms with Crippen molar-refractivity contribution in [2.75, 3.05) is 40.9 Å². The van der Waals surface area contributed by atoms with E-state index < -0.39 is 20.0 Å². The van der Waals surface area contributed by atoms with Gasteiger partial charge in [-0.2, -0.15) is 0 Å². The van der Waals surface area contributed by atoms with Crippen molar-refractivity contribution in [2.24, 2.45) is 0 Å². The Morgan fingerprint density at radius 3 is 1.91 bits per heavy atom. The van der Waals surface area contributed by atoms with Crippen LogP contribution in [0, 0.1) is 0 Å². The molecule has 0 bridgehead atoms. The van der Waals surface area contributed by atoms with E-state index in [1.807, 2.05) is 27.2 Å². The first kappa shape index (κ1) is 42.5. The average Bonchev–Trinajstić information content (AvgIpc) is 2.95. The summed E-state index contributed by atoms with van der Waals surface area (Å²) in [5, 5.41) is 13.6. The lowest BCUT2D eigenvalue weighted by atomic mass is 10.1. The zero-order valence-corrected chi connectivity index (χ0v) is 29.5. The Balaban J connectivity index is 4.72. The molecule has 0 heterocycles. The molecule has 0 aliphatic carbocycles. The van der Waals surface area contributed by atoms with E-state index in [0.29, 0.717) is 17.4 Å². The van der Waals surface area contributed by atoms with E-state index in [0.717, 1.165) is 77.0 Å². The quantitative estimate of drug-likeness (QED) is 0.0329. The monoisotopic (exact) mass is 641 g/mol. The number of aliphatic hydroxyl groups excluding tert-OH is 1. The van der Waals surface area contributed by atoms with E-state index in [1.54, 1.807) is 6.08 Å². The summed E-state index contributed by atoms with van der Waals surface area (Å²) in [4.78, 5) is 22.8. The lowest BCUT2D eigenvalue weighted by Crippen LogP contribution is -2.45. The van der Waals surface area contributed by atoms with Gasteiger partial charge in [-0.1, -0.05) is 101 Å². The summed E-state index contributed by atoms with van der Waals surface area (Å²) < 4.78 is 23.3. The highest BCUT2D eigenvalue weighted by Crippen LogP contribution is 2.43. The minimum atomic E-state index is -4.34. The molecule has 0 fully saturated rings. The zero-order valence-electron chi connectivity index (χ0n) is 28.6. The van der Waals surface area contributed by atoms with E-state index in [2.05, 4.69) is 55.6 Å². The number of nitrogens with zero attached hydrogens (tertiary/aromatic N) is 1. The minimum absolute atomic E-state index is 0.0500. The Morgan fingerprint density at radius 1 is 0.750 bits per heavy atom. The third-order valence-corrected chi connectivity index (χ3v) is 7.96. The molecule has 0 saturated heterocycles. The maximum absolute atomic E-state index is 12.7. The maximum Gasteiger partial charge on any atom is 0.472 e. The lowest BCUT2D eigenvalue weighted by molar-refractivity contribution is -0.870. The maximum atomic E-state index is 12.7. The van der Waals surface area contributed by atoms with Crippen LogP contribution in [0.5, 0.6) is 0 Å².